The molecule has 6 nitrogen and oxygen atoms in total. The molecule has 1 saturated carbocycles. The predicted octanol–water partition coefficient (Wildman–Crippen LogP) is 4.26. The van der Waals surface area contributed by atoms with E-state index >= 15 is 0 Å². The minimum Gasteiger partial charge on any atom is -0.492 e. The number of amides is 1. The Balaban J connectivity index is 1.38. The third-order valence-corrected chi connectivity index (χ3v) is 6.90. The van der Waals surface area contributed by atoms with Crippen molar-refractivity contribution in [2.75, 3.05) is 40.3 Å². The van der Waals surface area contributed by atoms with Gasteiger partial charge in [0.1, 0.15) is 23.9 Å². The van der Waals surface area contributed by atoms with Crippen molar-refractivity contribution >= 4 is 5.91 Å². The molecule has 2 aromatic rings. The molecule has 7 heteroatoms. The van der Waals surface area contributed by atoms with E-state index < -0.39 is 5.41 Å². The Morgan fingerprint density at radius 1 is 1.25 bits per heavy atom. The number of hydrogen-bond acceptors (Lipinski definition) is 5. The number of rotatable bonds is 8. The van der Waals surface area contributed by atoms with E-state index in [0.29, 0.717) is 37.8 Å². The van der Waals surface area contributed by atoms with E-state index in [1.165, 1.54) is 44.2 Å². The summed E-state index contributed by atoms with van der Waals surface area (Å²) >= 11 is 0. The van der Waals surface area contributed by atoms with Crippen LogP contribution in [0.3, 0.4) is 0 Å². The van der Waals surface area contributed by atoms with Gasteiger partial charge in [-0.1, -0.05) is 24.4 Å². The second kappa shape index (κ2) is 10.0. The minimum absolute atomic E-state index is 0.134. The molecule has 1 aliphatic carbocycles. The number of likely N-dealkylation sites (tertiary alicyclic amines) is 1. The van der Waals surface area contributed by atoms with Crippen LogP contribution in [0.25, 0.3) is 0 Å². The average Bonchev–Trinajstić information content (AvgIpc) is 3.43. The van der Waals surface area contributed by atoms with Crippen molar-refractivity contribution in [1.29, 1.82) is 0 Å². The second-order valence-electron chi connectivity index (χ2n) is 9.54. The Labute approximate surface area is 189 Å². The highest BCUT2D eigenvalue weighted by molar-refractivity contribution is 5.83. The lowest BCUT2D eigenvalue weighted by atomic mass is 9.80. The third kappa shape index (κ3) is 5.31. The van der Waals surface area contributed by atoms with Gasteiger partial charge in [0.15, 0.2) is 0 Å². The van der Waals surface area contributed by atoms with Gasteiger partial charge in [-0.3, -0.25) is 9.69 Å². The smallest absolute Gasteiger partial charge is 0.230 e. The summed E-state index contributed by atoms with van der Waals surface area (Å²) in [6, 6.07) is 8.14. The Bertz CT molecular complexity index is 892. The molecule has 174 valence electrons. The quantitative estimate of drug-likeness (QED) is 0.610. The van der Waals surface area contributed by atoms with Crippen molar-refractivity contribution in [3.8, 4) is 5.75 Å². The van der Waals surface area contributed by atoms with E-state index in [0.717, 1.165) is 24.4 Å². The monoisotopic (exact) mass is 443 g/mol. The number of halogens is 1. The lowest BCUT2D eigenvalue weighted by molar-refractivity contribution is -0.139. The normalized spacial score (nSPS) is 22.2. The van der Waals surface area contributed by atoms with E-state index in [4.69, 9.17) is 9.26 Å². The summed E-state index contributed by atoms with van der Waals surface area (Å²) < 4.78 is 24.5. The van der Waals surface area contributed by atoms with Crippen LogP contribution in [-0.4, -0.2) is 61.2 Å². The van der Waals surface area contributed by atoms with Crippen LogP contribution in [-0.2, 0) is 11.2 Å². The van der Waals surface area contributed by atoms with Crippen LogP contribution in [0.4, 0.5) is 4.39 Å². The van der Waals surface area contributed by atoms with Gasteiger partial charge < -0.3 is 14.2 Å². The van der Waals surface area contributed by atoms with E-state index in [1.807, 2.05) is 14.1 Å². The maximum absolute atomic E-state index is 13.2. The van der Waals surface area contributed by atoms with Crippen molar-refractivity contribution in [3.63, 3.8) is 0 Å². The minimum atomic E-state index is -0.511. The van der Waals surface area contributed by atoms with Crippen LogP contribution >= 0.6 is 0 Å². The fraction of sp³-hybridized carbons (Fsp3) is 0.600. The second-order valence-corrected chi connectivity index (χ2v) is 9.54. The molecular formula is C25H34FN3O3. The molecule has 0 unspecified atom stereocenters. The molecule has 0 radical (unpaired) electrons. The average molecular weight is 444 g/mol. The molecule has 2 fully saturated rings. The first-order valence-corrected chi connectivity index (χ1v) is 11.7. The molecule has 1 amide bonds. The SMILES string of the molecule is CN(C)C(=O)[C@@]1(Cc2cc(C3CCCCC3)no2)CCN(CCOc2ccc(F)cc2)C1. The number of ether oxygens (including phenoxy) is 1. The maximum atomic E-state index is 13.2. The van der Waals surface area contributed by atoms with Gasteiger partial charge in [0.25, 0.3) is 0 Å². The fourth-order valence-electron chi connectivity index (χ4n) is 5.18. The highest BCUT2D eigenvalue weighted by Gasteiger charge is 2.46. The zero-order valence-electron chi connectivity index (χ0n) is 19.2. The van der Waals surface area contributed by atoms with Crippen LogP contribution in [0.2, 0.25) is 0 Å². The lowest BCUT2D eigenvalue weighted by Gasteiger charge is -2.30. The molecule has 1 aromatic heterocycles. The number of hydrogen-bond donors (Lipinski definition) is 0. The van der Waals surface area contributed by atoms with Crippen molar-refractivity contribution < 1.29 is 18.4 Å². The van der Waals surface area contributed by atoms with Crippen LogP contribution < -0.4 is 4.74 Å². The predicted molar refractivity (Wildman–Crippen MR) is 120 cm³/mol. The van der Waals surface area contributed by atoms with E-state index in [1.54, 1.807) is 17.0 Å². The number of aromatic nitrogens is 1. The van der Waals surface area contributed by atoms with Gasteiger partial charge >= 0.3 is 0 Å². The van der Waals surface area contributed by atoms with Crippen LogP contribution in [0.5, 0.6) is 5.75 Å². The Kier molecular flexibility index (Phi) is 7.13. The molecular weight excluding hydrogens is 409 g/mol. The van der Waals surface area contributed by atoms with Gasteiger partial charge in [0.05, 0.1) is 11.1 Å². The summed E-state index contributed by atoms with van der Waals surface area (Å²) in [5.41, 5.74) is 0.539. The molecule has 32 heavy (non-hydrogen) atoms. The van der Waals surface area contributed by atoms with Gasteiger partial charge in [-0.05, 0) is 50.1 Å². The molecule has 1 saturated heterocycles. The molecule has 1 aliphatic heterocycles. The van der Waals surface area contributed by atoms with Crippen molar-refractivity contribution in [2.24, 2.45) is 5.41 Å². The van der Waals surface area contributed by atoms with Crippen LogP contribution in [0.15, 0.2) is 34.9 Å². The lowest BCUT2D eigenvalue weighted by Crippen LogP contribution is -2.44. The summed E-state index contributed by atoms with van der Waals surface area (Å²) in [7, 11) is 3.64. The first kappa shape index (κ1) is 22.8. The Hall–Kier alpha value is -2.41. The van der Waals surface area contributed by atoms with E-state index in [2.05, 4.69) is 16.1 Å². The zero-order chi connectivity index (χ0) is 22.6. The topological polar surface area (TPSA) is 58.8 Å². The van der Waals surface area contributed by atoms with Crippen molar-refractivity contribution in [3.05, 3.63) is 47.6 Å². The third-order valence-electron chi connectivity index (χ3n) is 6.90. The number of carbonyl (C=O) groups excluding carboxylic acids is 1. The largest absolute Gasteiger partial charge is 0.492 e. The Morgan fingerprint density at radius 3 is 2.72 bits per heavy atom. The number of carbonyl (C=O) groups is 1. The van der Waals surface area contributed by atoms with Gasteiger partial charge in [0, 0.05) is 45.6 Å². The molecule has 2 aliphatic rings. The first-order chi connectivity index (χ1) is 15.4. The fourth-order valence-corrected chi connectivity index (χ4v) is 5.18. The molecule has 0 bridgehead atoms. The standard InChI is InChI=1S/C25H34FN3O3/c1-28(2)24(30)25(17-22-16-23(27-32-22)19-6-4-3-5-7-19)12-13-29(18-25)14-15-31-21-10-8-20(26)9-11-21/h8-11,16,19H,3-7,12-15,17-18H2,1-2H3/t25-/m1/s1. The number of benzene rings is 1. The molecule has 4 rings (SSSR count). The van der Waals surface area contributed by atoms with Crippen LogP contribution in [0.1, 0.15) is 55.9 Å². The Morgan fingerprint density at radius 2 is 2.00 bits per heavy atom. The van der Waals surface area contributed by atoms with E-state index in [-0.39, 0.29) is 11.7 Å². The maximum Gasteiger partial charge on any atom is 0.230 e. The molecule has 1 aromatic carbocycles. The van der Waals surface area contributed by atoms with Gasteiger partial charge in [0.2, 0.25) is 5.91 Å². The molecule has 0 N–H and O–H groups in total. The summed E-state index contributed by atoms with van der Waals surface area (Å²) in [5, 5.41) is 4.37. The molecule has 0 spiro atoms. The summed E-state index contributed by atoms with van der Waals surface area (Å²) in [5.74, 6) is 1.81. The summed E-state index contributed by atoms with van der Waals surface area (Å²) in [6.07, 6.45) is 7.52. The molecule has 2 heterocycles. The highest BCUT2D eigenvalue weighted by atomic mass is 19.1. The first-order valence-electron chi connectivity index (χ1n) is 11.7. The summed E-state index contributed by atoms with van der Waals surface area (Å²) in [6.45, 7) is 2.70. The van der Waals surface area contributed by atoms with Gasteiger partial charge in [-0.15, -0.1) is 0 Å². The zero-order valence-corrected chi connectivity index (χ0v) is 19.2. The molecule has 1 atom stereocenters. The van der Waals surface area contributed by atoms with E-state index in [9.17, 15) is 9.18 Å². The summed E-state index contributed by atoms with van der Waals surface area (Å²) in [4.78, 5) is 17.2. The van der Waals surface area contributed by atoms with Gasteiger partial charge in [-0.25, -0.2) is 4.39 Å². The van der Waals surface area contributed by atoms with Crippen LogP contribution in [0, 0.1) is 11.2 Å². The highest BCUT2D eigenvalue weighted by Crippen LogP contribution is 2.38. The number of nitrogens with zero attached hydrogens (tertiary/aromatic N) is 3. The van der Waals surface area contributed by atoms with Gasteiger partial charge in [-0.2, -0.15) is 0 Å². The van der Waals surface area contributed by atoms with Crippen molar-refractivity contribution in [1.82, 2.24) is 15.0 Å². The van der Waals surface area contributed by atoms with Crippen molar-refractivity contribution in [2.45, 2.75) is 50.9 Å².